The van der Waals surface area contributed by atoms with Crippen LogP contribution in [-0.2, 0) is 11.2 Å². The van der Waals surface area contributed by atoms with Crippen molar-refractivity contribution < 1.29 is 4.79 Å². The van der Waals surface area contributed by atoms with Crippen LogP contribution in [0, 0.1) is 20.8 Å². The normalized spacial score (nSPS) is 10.4. The maximum absolute atomic E-state index is 11.9. The molecule has 0 bridgehead atoms. The molecule has 2 rings (SSSR count). The molecule has 2 aromatic rings. The number of anilines is 1. The molecule has 0 aliphatic carbocycles. The van der Waals surface area contributed by atoms with Crippen molar-refractivity contribution in [1.82, 2.24) is 4.98 Å². The van der Waals surface area contributed by atoms with Gasteiger partial charge in [-0.15, -0.1) is 11.3 Å². The summed E-state index contributed by atoms with van der Waals surface area (Å²) in [6.07, 6.45) is 0.394. The van der Waals surface area contributed by atoms with Crippen molar-refractivity contribution in [1.29, 1.82) is 0 Å². The van der Waals surface area contributed by atoms with Gasteiger partial charge >= 0.3 is 0 Å². The number of carbonyl (C=O) groups excluding carboxylic acids is 1. The van der Waals surface area contributed by atoms with Gasteiger partial charge in [0.05, 0.1) is 17.1 Å². The van der Waals surface area contributed by atoms with Gasteiger partial charge in [0, 0.05) is 10.6 Å². The summed E-state index contributed by atoms with van der Waals surface area (Å²) in [7, 11) is 0. The minimum atomic E-state index is 0.00681. The summed E-state index contributed by atoms with van der Waals surface area (Å²) in [6, 6.07) is 7.80. The van der Waals surface area contributed by atoms with Crippen molar-refractivity contribution >= 4 is 22.9 Å². The van der Waals surface area contributed by atoms with E-state index in [4.69, 9.17) is 0 Å². The zero-order valence-electron chi connectivity index (χ0n) is 10.8. The van der Waals surface area contributed by atoms with Gasteiger partial charge in [0.1, 0.15) is 0 Å². The molecule has 18 heavy (non-hydrogen) atoms. The molecule has 1 N–H and O–H groups in total. The van der Waals surface area contributed by atoms with E-state index >= 15 is 0 Å². The van der Waals surface area contributed by atoms with Gasteiger partial charge < -0.3 is 5.32 Å². The van der Waals surface area contributed by atoms with E-state index < -0.39 is 0 Å². The predicted octanol–water partition coefficient (Wildman–Crippen LogP) is 3.25. The van der Waals surface area contributed by atoms with E-state index in [1.54, 1.807) is 11.3 Å². The van der Waals surface area contributed by atoms with E-state index in [-0.39, 0.29) is 5.91 Å². The Morgan fingerprint density at radius 3 is 2.72 bits per heavy atom. The first-order chi connectivity index (χ1) is 8.54. The molecule has 1 amide bonds. The Hall–Kier alpha value is -1.68. The lowest BCUT2D eigenvalue weighted by Gasteiger charge is -2.05. The average Bonchev–Trinajstić information content (AvgIpc) is 2.57. The van der Waals surface area contributed by atoms with Crippen molar-refractivity contribution in [2.45, 2.75) is 27.2 Å². The van der Waals surface area contributed by atoms with Crippen LogP contribution in [0.3, 0.4) is 0 Å². The smallest absolute Gasteiger partial charge is 0.229 e. The van der Waals surface area contributed by atoms with E-state index in [0.717, 1.165) is 26.8 Å². The number of thiazole rings is 1. The molecule has 1 heterocycles. The van der Waals surface area contributed by atoms with Crippen molar-refractivity contribution in [2.75, 3.05) is 5.32 Å². The fourth-order valence-electron chi connectivity index (χ4n) is 1.81. The lowest BCUT2D eigenvalue weighted by Crippen LogP contribution is -2.14. The number of amides is 1. The van der Waals surface area contributed by atoms with Crippen LogP contribution in [0.1, 0.15) is 21.1 Å². The molecule has 0 saturated carbocycles. The summed E-state index contributed by atoms with van der Waals surface area (Å²) in [6.45, 7) is 5.91. The molecule has 1 aromatic carbocycles. The Kier molecular flexibility index (Phi) is 3.77. The highest BCUT2D eigenvalue weighted by atomic mass is 32.1. The first kappa shape index (κ1) is 12.8. The molecule has 0 saturated heterocycles. The number of hydrogen-bond donors (Lipinski definition) is 1. The minimum Gasteiger partial charge on any atom is -0.326 e. The van der Waals surface area contributed by atoms with Gasteiger partial charge in [-0.2, -0.15) is 0 Å². The van der Waals surface area contributed by atoms with Crippen LogP contribution in [0.4, 0.5) is 5.69 Å². The molecule has 1 aromatic heterocycles. The van der Waals surface area contributed by atoms with Crippen molar-refractivity contribution in [2.24, 2.45) is 0 Å². The molecule has 4 heteroatoms. The van der Waals surface area contributed by atoms with E-state index in [9.17, 15) is 4.79 Å². The van der Waals surface area contributed by atoms with E-state index in [1.807, 2.05) is 45.0 Å². The third-order valence-corrected chi connectivity index (χ3v) is 3.70. The molecule has 0 fully saturated rings. The van der Waals surface area contributed by atoms with Gasteiger partial charge in [0.15, 0.2) is 0 Å². The predicted molar refractivity (Wildman–Crippen MR) is 75.1 cm³/mol. The van der Waals surface area contributed by atoms with Gasteiger partial charge in [-0.3, -0.25) is 4.79 Å². The Balaban J connectivity index is 2.03. The molecule has 0 atom stereocenters. The highest BCUT2D eigenvalue weighted by Gasteiger charge is 2.10. The van der Waals surface area contributed by atoms with Gasteiger partial charge in [0.2, 0.25) is 5.91 Å². The number of hydrogen-bond acceptors (Lipinski definition) is 3. The highest BCUT2D eigenvalue weighted by Crippen LogP contribution is 2.18. The number of aromatic nitrogens is 1. The minimum absolute atomic E-state index is 0.00681. The standard InChI is InChI=1S/C14H16N2OS/c1-9-5-4-6-12(7-9)16-14(17)8-13-10(2)15-11(3)18-13/h4-7H,8H2,1-3H3,(H,16,17). The fraction of sp³-hybridized carbons (Fsp3) is 0.286. The van der Waals surface area contributed by atoms with Crippen LogP contribution < -0.4 is 5.32 Å². The highest BCUT2D eigenvalue weighted by molar-refractivity contribution is 7.11. The SMILES string of the molecule is Cc1cccc(NC(=O)Cc2sc(C)nc2C)c1. The Morgan fingerprint density at radius 1 is 1.33 bits per heavy atom. The molecule has 0 unspecified atom stereocenters. The number of nitrogens with one attached hydrogen (secondary N) is 1. The number of benzene rings is 1. The van der Waals surface area contributed by atoms with Crippen molar-refractivity contribution in [3.8, 4) is 0 Å². The molecule has 3 nitrogen and oxygen atoms in total. The summed E-state index contributed by atoms with van der Waals surface area (Å²) in [4.78, 5) is 17.3. The molecule has 0 aliphatic rings. The zero-order chi connectivity index (χ0) is 13.1. The topological polar surface area (TPSA) is 42.0 Å². The summed E-state index contributed by atoms with van der Waals surface area (Å²) >= 11 is 1.58. The fourth-order valence-corrected chi connectivity index (χ4v) is 2.75. The number of carbonyl (C=O) groups is 1. The molecule has 0 radical (unpaired) electrons. The third-order valence-electron chi connectivity index (χ3n) is 2.62. The quantitative estimate of drug-likeness (QED) is 0.920. The lowest BCUT2D eigenvalue weighted by molar-refractivity contribution is -0.115. The van der Waals surface area contributed by atoms with E-state index in [0.29, 0.717) is 6.42 Å². The summed E-state index contributed by atoms with van der Waals surface area (Å²) in [5.41, 5.74) is 2.94. The zero-order valence-corrected chi connectivity index (χ0v) is 11.6. The van der Waals surface area contributed by atoms with Gasteiger partial charge in [-0.1, -0.05) is 12.1 Å². The van der Waals surface area contributed by atoms with Crippen LogP contribution in [0.5, 0.6) is 0 Å². The number of rotatable bonds is 3. The van der Waals surface area contributed by atoms with Crippen LogP contribution >= 0.6 is 11.3 Å². The monoisotopic (exact) mass is 260 g/mol. The Morgan fingerprint density at radius 2 is 2.11 bits per heavy atom. The summed E-state index contributed by atoms with van der Waals surface area (Å²) in [5, 5.41) is 3.91. The average molecular weight is 260 g/mol. The second kappa shape index (κ2) is 5.31. The Labute approximate surface area is 111 Å². The van der Waals surface area contributed by atoms with Crippen LogP contribution in [-0.4, -0.2) is 10.9 Å². The first-order valence-corrected chi connectivity index (χ1v) is 6.65. The molecule has 0 aliphatic heterocycles. The van der Waals surface area contributed by atoms with Crippen LogP contribution in [0.15, 0.2) is 24.3 Å². The first-order valence-electron chi connectivity index (χ1n) is 5.84. The third kappa shape index (κ3) is 3.17. The van der Waals surface area contributed by atoms with Gasteiger partial charge in [-0.05, 0) is 38.5 Å². The van der Waals surface area contributed by atoms with Crippen LogP contribution in [0.25, 0.3) is 0 Å². The Bertz CT molecular complexity index is 575. The van der Waals surface area contributed by atoms with Crippen LogP contribution in [0.2, 0.25) is 0 Å². The largest absolute Gasteiger partial charge is 0.326 e. The molecule has 0 spiro atoms. The van der Waals surface area contributed by atoms with E-state index in [1.165, 1.54) is 0 Å². The number of nitrogens with zero attached hydrogens (tertiary/aromatic N) is 1. The van der Waals surface area contributed by atoms with Gasteiger partial charge in [-0.25, -0.2) is 4.98 Å². The summed E-state index contributed by atoms with van der Waals surface area (Å²) < 4.78 is 0. The molecular weight excluding hydrogens is 244 g/mol. The maximum Gasteiger partial charge on any atom is 0.229 e. The van der Waals surface area contributed by atoms with Crippen molar-refractivity contribution in [3.63, 3.8) is 0 Å². The van der Waals surface area contributed by atoms with Crippen molar-refractivity contribution in [3.05, 3.63) is 45.4 Å². The second-order valence-corrected chi connectivity index (χ2v) is 5.62. The number of aryl methyl sites for hydroxylation is 3. The maximum atomic E-state index is 11.9. The second-order valence-electron chi connectivity index (χ2n) is 4.34. The molecular formula is C14H16N2OS. The van der Waals surface area contributed by atoms with Gasteiger partial charge in [0.25, 0.3) is 0 Å². The lowest BCUT2D eigenvalue weighted by atomic mass is 10.2. The summed E-state index contributed by atoms with van der Waals surface area (Å²) in [5.74, 6) is 0.00681. The molecule has 94 valence electrons. The van der Waals surface area contributed by atoms with E-state index in [2.05, 4.69) is 10.3 Å².